The lowest BCUT2D eigenvalue weighted by Gasteiger charge is -2.12. The van der Waals surface area contributed by atoms with Gasteiger partial charge in [-0.25, -0.2) is 4.79 Å². The predicted molar refractivity (Wildman–Crippen MR) is 64.2 cm³/mol. The Labute approximate surface area is 97.9 Å². The molecule has 0 bridgehead atoms. The molecule has 0 fully saturated rings. The van der Waals surface area contributed by atoms with E-state index in [2.05, 4.69) is 20.4 Å². The normalized spacial score (nSPS) is 11.2. The second-order valence-corrected chi connectivity index (χ2v) is 3.46. The van der Waals surface area contributed by atoms with Crippen LogP contribution < -0.4 is 0 Å². The SMILES string of the molecule is C=CC(=O)O.CCCCC(CC)COCO. The summed E-state index contributed by atoms with van der Waals surface area (Å²) in [5, 5.41) is 16.0. The highest BCUT2D eigenvalue weighted by Crippen LogP contribution is 2.12. The Balaban J connectivity index is 0. The van der Waals surface area contributed by atoms with Gasteiger partial charge in [-0.3, -0.25) is 0 Å². The van der Waals surface area contributed by atoms with E-state index in [9.17, 15) is 4.79 Å². The number of aliphatic hydroxyl groups excluding tert-OH is 1. The molecule has 0 aromatic heterocycles. The van der Waals surface area contributed by atoms with Gasteiger partial charge in [0.05, 0.1) is 6.61 Å². The van der Waals surface area contributed by atoms with Gasteiger partial charge in [-0.2, -0.15) is 0 Å². The zero-order valence-corrected chi connectivity index (χ0v) is 10.3. The molecular formula is C12H24O4. The minimum Gasteiger partial charge on any atom is -0.478 e. The van der Waals surface area contributed by atoms with Gasteiger partial charge in [-0.05, 0) is 12.3 Å². The van der Waals surface area contributed by atoms with E-state index in [1.165, 1.54) is 19.3 Å². The number of aliphatic carboxylic acids is 1. The number of ether oxygens (including phenoxy) is 1. The van der Waals surface area contributed by atoms with Gasteiger partial charge in [0, 0.05) is 6.08 Å². The number of unbranched alkanes of at least 4 members (excludes halogenated alkanes) is 1. The van der Waals surface area contributed by atoms with E-state index in [1.54, 1.807) is 0 Å². The number of hydrogen-bond donors (Lipinski definition) is 2. The molecule has 2 N–H and O–H groups in total. The maximum atomic E-state index is 9.25. The van der Waals surface area contributed by atoms with Crippen LogP contribution in [0, 0.1) is 5.92 Å². The molecule has 0 aromatic rings. The molecule has 4 nitrogen and oxygen atoms in total. The van der Waals surface area contributed by atoms with Crippen molar-refractivity contribution < 1.29 is 19.7 Å². The van der Waals surface area contributed by atoms with Gasteiger partial charge < -0.3 is 14.9 Å². The Bertz CT molecular complexity index is 160. The first-order chi connectivity index (χ1) is 7.62. The molecule has 0 rings (SSSR count). The minimum absolute atomic E-state index is 0.136. The van der Waals surface area contributed by atoms with E-state index >= 15 is 0 Å². The van der Waals surface area contributed by atoms with Gasteiger partial charge in [0.2, 0.25) is 0 Å². The molecule has 1 atom stereocenters. The van der Waals surface area contributed by atoms with Crippen LogP contribution in [0.15, 0.2) is 12.7 Å². The summed E-state index contributed by atoms with van der Waals surface area (Å²) < 4.78 is 4.94. The molecule has 16 heavy (non-hydrogen) atoms. The van der Waals surface area contributed by atoms with E-state index in [0.29, 0.717) is 12.5 Å². The van der Waals surface area contributed by atoms with E-state index in [1.807, 2.05) is 0 Å². The van der Waals surface area contributed by atoms with Crippen LogP contribution >= 0.6 is 0 Å². The molecule has 0 spiro atoms. The smallest absolute Gasteiger partial charge is 0.327 e. The number of rotatable bonds is 8. The summed E-state index contributed by atoms with van der Waals surface area (Å²) in [5.41, 5.74) is 0. The lowest BCUT2D eigenvalue weighted by Crippen LogP contribution is -2.09. The Hall–Kier alpha value is -0.870. The summed E-state index contributed by atoms with van der Waals surface area (Å²) in [6.07, 6.45) is 5.73. The molecule has 0 aromatic carbocycles. The average Bonchev–Trinajstić information content (AvgIpc) is 2.30. The van der Waals surface area contributed by atoms with Crippen molar-refractivity contribution in [2.75, 3.05) is 13.4 Å². The van der Waals surface area contributed by atoms with Crippen molar-refractivity contribution in [1.29, 1.82) is 0 Å². The third-order valence-corrected chi connectivity index (χ3v) is 2.16. The number of carboxylic acid groups (broad SMARTS) is 1. The molecule has 96 valence electrons. The van der Waals surface area contributed by atoms with Gasteiger partial charge in [0.1, 0.15) is 6.79 Å². The zero-order valence-electron chi connectivity index (χ0n) is 10.3. The van der Waals surface area contributed by atoms with Crippen LogP contribution in [0.3, 0.4) is 0 Å². The molecule has 0 aliphatic heterocycles. The van der Waals surface area contributed by atoms with Gasteiger partial charge in [-0.1, -0.05) is 39.7 Å². The standard InChI is InChI=1S/C9H20O2.C3H4O2/c1-3-5-6-9(4-2)7-11-8-10;1-2-3(4)5/h9-10H,3-8H2,1-2H3;2H,1H2,(H,4,5). The summed E-state index contributed by atoms with van der Waals surface area (Å²) >= 11 is 0. The number of hydrogen-bond acceptors (Lipinski definition) is 3. The summed E-state index contributed by atoms with van der Waals surface area (Å²) in [6.45, 7) is 7.90. The summed E-state index contributed by atoms with van der Waals surface area (Å²) in [5.74, 6) is -0.341. The summed E-state index contributed by atoms with van der Waals surface area (Å²) in [6, 6.07) is 0. The van der Waals surface area contributed by atoms with Gasteiger partial charge in [0.15, 0.2) is 0 Å². The Kier molecular flexibility index (Phi) is 15.5. The van der Waals surface area contributed by atoms with Crippen molar-refractivity contribution in [3.8, 4) is 0 Å². The van der Waals surface area contributed by atoms with Crippen molar-refractivity contribution in [1.82, 2.24) is 0 Å². The van der Waals surface area contributed by atoms with Gasteiger partial charge >= 0.3 is 5.97 Å². The summed E-state index contributed by atoms with van der Waals surface area (Å²) in [7, 11) is 0. The van der Waals surface area contributed by atoms with Crippen molar-refractivity contribution >= 4 is 5.97 Å². The highest BCUT2D eigenvalue weighted by molar-refractivity contribution is 5.78. The molecule has 0 saturated carbocycles. The van der Waals surface area contributed by atoms with Gasteiger partial charge in [-0.15, -0.1) is 0 Å². The van der Waals surface area contributed by atoms with Crippen LogP contribution in [-0.2, 0) is 9.53 Å². The zero-order chi connectivity index (χ0) is 12.8. The molecule has 0 aliphatic rings. The maximum absolute atomic E-state index is 9.25. The molecule has 0 radical (unpaired) electrons. The highest BCUT2D eigenvalue weighted by atomic mass is 16.6. The third-order valence-electron chi connectivity index (χ3n) is 2.16. The fourth-order valence-corrected chi connectivity index (χ4v) is 1.12. The van der Waals surface area contributed by atoms with E-state index in [0.717, 1.165) is 12.5 Å². The molecule has 4 heteroatoms. The van der Waals surface area contributed by atoms with Crippen molar-refractivity contribution in [3.63, 3.8) is 0 Å². The maximum Gasteiger partial charge on any atom is 0.327 e. The Morgan fingerprint density at radius 1 is 1.50 bits per heavy atom. The first kappa shape index (κ1) is 17.5. The summed E-state index contributed by atoms with van der Waals surface area (Å²) in [4.78, 5) is 9.25. The van der Waals surface area contributed by atoms with Crippen molar-refractivity contribution in [2.24, 2.45) is 5.92 Å². The Morgan fingerprint density at radius 2 is 2.06 bits per heavy atom. The highest BCUT2D eigenvalue weighted by Gasteiger charge is 2.04. The molecule has 0 aliphatic carbocycles. The van der Waals surface area contributed by atoms with E-state index < -0.39 is 5.97 Å². The number of aliphatic hydroxyl groups is 1. The predicted octanol–water partition coefficient (Wildman–Crippen LogP) is 2.43. The van der Waals surface area contributed by atoms with Gasteiger partial charge in [0.25, 0.3) is 0 Å². The van der Waals surface area contributed by atoms with Crippen LogP contribution in [-0.4, -0.2) is 29.6 Å². The lowest BCUT2D eigenvalue weighted by atomic mass is 10.0. The monoisotopic (exact) mass is 232 g/mol. The second-order valence-electron chi connectivity index (χ2n) is 3.46. The second kappa shape index (κ2) is 14.1. The fraction of sp³-hybridized carbons (Fsp3) is 0.750. The molecule has 0 heterocycles. The number of carbonyl (C=O) groups is 1. The lowest BCUT2D eigenvalue weighted by molar-refractivity contribution is -0.131. The quantitative estimate of drug-likeness (QED) is 0.498. The molecule has 1 unspecified atom stereocenters. The van der Waals surface area contributed by atoms with Crippen LogP contribution in [0.4, 0.5) is 0 Å². The molecule has 0 amide bonds. The van der Waals surface area contributed by atoms with Crippen LogP contribution in [0.25, 0.3) is 0 Å². The topological polar surface area (TPSA) is 66.8 Å². The molecular weight excluding hydrogens is 208 g/mol. The first-order valence-corrected chi connectivity index (χ1v) is 5.66. The van der Waals surface area contributed by atoms with E-state index in [4.69, 9.17) is 14.9 Å². The van der Waals surface area contributed by atoms with Crippen LogP contribution in [0.2, 0.25) is 0 Å². The third kappa shape index (κ3) is 15.6. The molecule has 0 saturated heterocycles. The van der Waals surface area contributed by atoms with Crippen molar-refractivity contribution in [3.05, 3.63) is 12.7 Å². The van der Waals surface area contributed by atoms with Crippen LogP contribution in [0.1, 0.15) is 39.5 Å². The van der Waals surface area contributed by atoms with Crippen molar-refractivity contribution in [2.45, 2.75) is 39.5 Å². The number of carboxylic acids is 1. The largest absolute Gasteiger partial charge is 0.478 e. The average molecular weight is 232 g/mol. The minimum atomic E-state index is -0.981. The van der Waals surface area contributed by atoms with E-state index in [-0.39, 0.29) is 6.79 Å². The van der Waals surface area contributed by atoms with Crippen LogP contribution in [0.5, 0.6) is 0 Å². The fourth-order valence-electron chi connectivity index (χ4n) is 1.12. The Morgan fingerprint density at radius 3 is 2.38 bits per heavy atom. The first-order valence-electron chi connectivity index (χ1n) is 5.66.